The number of nitrogens with zero attached hydrogens (tertiary/aromatic N) is 3. The fraction of sp³-hybridized carbons (Fsp3) is 0.275. The quantitative estimate of drug-likeness (QED) is 0.243. The van der Waals surface area contributed by atoms with Crippen molar-refractivity contribution < 1.29 is 23.6 Å². The molecule has 0 spiro atoms. The average Bonchev–Trinajstić information content (AvgIpc) is 3.54. The molecule has 7 rings (SSSR count). The molecule has 0 aliphatic carbocycles. The number of amides is 4. The fourth-order valence-electron chi connectivity index (χ4n) is 6.44. The first-order valence-electron chi connectivity index (χ1n) is 17.1. The van der Waals surface area contributed by atoms with Crippen molar-refractivity contribution in [1.29, 1.82) is 0 Å². The Morgan fingerprint density at radius 1 is 0.804 bits per heavy atom. The Balaban J connectivity index is 0.000000344. The van der Waals surface area contributed by atoms with Gasteiger partial charge in [0.25, 0.3) is 5.91 Å². The third kappa shape index (κ3) is 8.61. The molecule has 0 unspecified atom stereocenters. The lowest BCUT2D eigenvalue weighted by atomic mass is 10.1. The molecule has 0 atom stereocenters. The standard InChI is InChI=1S/C29H31N5O6.C11H10/c1-19(35)31-21-8-9-25-22(15-21)24(36)16-26(40-25)29(39)30-17-28(38)33-13-11-32(12-14-33)23-6-3-2-5-20(23)18-34-10-4-7-27(34)37;1-9-6-7-10-4-2-3-5-11(10)8-9/h2-3,5-6,8-9,15-16H,4,7,10-14,17-18H2,1H3,(H,30,39)(H,31,35);2-8H,1H3. The van der Waals surface area contributed by atoms with E-state index in [1.807, 2.05) is 29.2 Å². The van der Waals surface area contributed by atoms with Crippen LogP contribution in [0.2, 0.25) is 0 Å². The molecule has 0 saturated carbocycles. The molecule has 11 heteroatoms. The van der Waals surface area contributed by atoms with Gasteiger partial charge in [-0.15, -0.1) is 0 Å². The Bertz CT molecular complexity index is 2150. The topological polar surface area (TPSA) is 132 Å². The van der Waals surface area contributed by atoms with E-state index >= 15 is 0 Å². The second-order valence-electron chi connectivity index (χ2n) is 12.8. The second kappa shape index (κ2) is 15.7. The first-order valence-corrected chi connectivity index (χ1v) is 17.1. The summed E-state index contributed by atoms with van der Waals surface area (Å²) in [5.41, 5.74) is 3.69. The van der Waals surface area contributed by atoms with Crippen LogP contribution in [0.1, 0.15) is 41.4 Å². The molecule has 2 aliphatic rings. The number of hydrogen-bond donors (Lipinski definition) is 2. The number of piperazine rings is 1. The maximum atomic E-state index is 12.8. The molecule has 2 saturated heterocycles. The average molecular weight is 688 g/mol. The van der Waals surface area contributed by atoms with Gasteiger partial charge in [-0.25, -0.2) is 0 Å². The maximum absolute atomic E-state index is 12.8. The van der Waals surface area contributed by atoms with Gasteiger partial charge in [-0.05, 0) is 53.9 Å². The number of anilines is 2. The minimum atomic E-state index is -0.665. The lowest BCUT2D eigenvalue weighted by Crippen LogP contribution is -2.51. The Morgan fingerprint density at radius 3 is 2.29 bits per heavy atom. The molecule has 5 aromatic rings. The number of carbonyl (C=O) groups is 4. The largest absolute Gasteiger partial charge is 0.451 e. The molecule has 262 valence electrons. The SMILES string of the molecule is CC(=O)Nc1ccc2oc(C(=O)NCC(=O)N3CCN(c4ccccc4CN4CCCC4=O)CC3)cc(=O)c2c1.Cc1ccc2ccccc2c1. The van der Waals surface area contributed by atoms with E-state index < -0.39 is 11.3 Å². The minimum absolute atomic E-state index is 0.186. The molecule has 4 amide bonds. The molecule has 4 aromatic carbocycles. The van der Waals surface area contributed by atoms with E-state index in [-0.39, 0.29) is 41.0 Å². The monoisotopic (exact) mass is 687 g/mol. The third-order valence-corrected chi connectivity index (χ3v) is 9.07. The highest BCUT2D eigenvalue weighted by Crippen LogP contribution is 2.25. The summed E-state index contributed by atoms with van der Waals surface area (Å²) >= 11 is 0. The van der Waals surface area contributed by atoms with Crippen LogP contribution in [-0.2, 0) is 20.9 Å². The van der Waals surface area contributed by atoms with E-state index in [1.165, 1.54) is 35.4 Å². The zero-order valence-electron chi connectivity index (χ0n) is 28.8. The third-order valence-electron chi connectivity index (χ3n) is 9.07. The number of hydrogen-bond acceptors (Lipinski definition) is 7. The Morgan fingerprint density at radius 2 is 1.55 bits per heavy atom. The van der Waals surface area contributed by atoms with E-state index in [0.29, 0.717) is 44.8 Å². The van der Waals surface area contributed by atoms with Crippen molar-refractivity contribution in [3.63, 3.8) is 0 Å². The van der Waals surface area contributed by atoms with Gasteiger partial charge in [0.2, 0.25) is 17.7 Å². The Labute approximate surface area is 295 Å². The first-order chi connectivity index (χ1) is 24.6. The summed E-state index contributed by atoms with van der Waals surface area (Å²) in [5.74, 6) is -1.18. The Kier molecular flexibility index (Phi) is 10.7. The van der Waals surface area contributed by atoms with Gasteiger partial charge in [0.15, 0.2) is 11.2 Å². The summed E-state index contributed by atoms with van der Waals surface area (Å²) in [5, 5.41) is 8.02. The summed E-state index contributed by atoms with van der Waals surface area (Å²) in [6, 6.07) is 28.6. The second-order valence-corrected chi connectivity index (χ2v) is 12.8. The lowest BCUT2D eigenvalue weighted by molar-refractivity contribution is -0.130. The van der Waals surface area contributed by atoms with E-state index in [4.69, 9.17) is 4.42 Å². The van der Waals surface area contributed by atoms with Crippen LogP contribution in [0.15, 0.2) is 100 Å². The van der Waals surface area contributed by atoms with Gasteiger partial charge >= 0.3 is 0 Å². The molecule has 0 radical (unpaired) electrons. The van der Waals surface area contributed by atoms with Crippen LogP contribution in [0.25, 0.3) is 21.7 Å². The lowest BCUT2D eigenvalue weighted by Gasteiger charge is -2.37. The highest BCUT2D eigenvalue weighted by Gasteiger charge is 2.25. The number of benzene rings is 4. The van der Waals surface area contributed by atoms with Crippen molar-refractivity contribution in [2.45, 2.75) is 33.2 Å². The molecular formula is C40H41N5O6. The van der Waals surface area contributed by atoms with Crippen LogP contribution in [0.5, 0.6) is 0 Å². The van der Waals surface area contributed by atoms with Crippen LogP contribution < -0.4 is 21.0 Å². The van der Waals surface area contributed by atoms with Gasteiger partial charge in [-0.2, -0.15) is 0 Å². The zero-order chi connectivity index (χ0) is 35.9. The van der Waals surface area contributed by atoms with E-state index in [2.05, 4.69) is 64.9 Å². The molecule has 0 bridgehead atoms. The highest BCUT2D eigenvalue weighted by atomic mass is 16.3. The van der Waals surface area contributed by atoms with Crippen molar-refractivity contribution >= 4 is 56.7 Å². The number of rotatable bonds is 7. The Hall–Kier alpha value is -5.97. The number of para-hydroxylation sites is 1. The number of nitrogens with one attached hydrogen (secondary N) is 2. The van der Waals surface area contributed by atoms with Crippen molar-refractivity contribution in [1.82, 2.24) is 15.1 Å². The molecule has 3 heterocycles. The smallest absolute Gasteiger partial charge is 0.287 e. The van der Waals surface area contributed by atoms with Crippen LogP contribution in [0, 0.1) is 6.92 Å². The van der Waals surface area contributed by atoms with Crippen molar-refractivity contribution in [2.75, 3.05) is 49.5 Å². The van der Waals surface area contributed by atoms with Crippen LogP contribution in [-0.4, -0.2) is 72.7 Å². The minimum Gasteiger partial charge on any atom is -0.451 e. The summed E-state index contributed by atoms with van der Waals surface area (Å²) in [6.07, 6.45) is 1.50. The summed E-state index contributed by atoms with van der Waals surface area (Å²) in [6.45, 7) is 6.87. The molecule has 2 N–H and O–H groups in total. The summed E-state index contributed by atoms with van der Waals surface area (Å²) in [4.78, 5) is 67.3. The van der Waals surface area contributed by atoms with E-state index in [1.54, 1.807) is 11.0 Å². The van der Waals surface area contributed by atoms with Crippen molar-refractivity contribution in [3.05, 3.63) is 118 Å². The van der Waals surface area contributed by atoms with Crippen molar-refractivity contribution in [2.24, 2.45) is 0 Å². The van der Waals surface area contributed by atoms with Gasteiger partial charge in [0, 0.05) is 70.1 Å². The van der Waals surface area contributed by atoms with Crippen LogP contribution >= 0.6 is 0 Å². The predicted octanol–water partition coefficient (Wildman–Crippen LogP) is 5.10. The highest BCUT2D eigenvalue weighted by molar-refractivity contribution is 5.96. The molecule has 11 nitrogen and oxygen atoms in total. The van der Waals surface area contributed by atoms with Gasteiger partial charge < -0.3 is 29.8 Å². The maximum Gasteiger partial charge on any atom is 0.287 e. The van der Waals surface area contributed by atoms with Gasteiger partial charge in [0.05, 0.1) is 11.9 Å². The van der Waals surface area contributed by atoms with Gasteiger partial charge in [-0.3, -0.25) is 24.0 Å². The molecule has 2 fully saturated rings. The molecule has 2 aliphatic heterocycles. The fourth-order valence-corrected chi connectivity index (χ4v) is 6.44. The van der Waals surface area contributed by atoms with E-state index in [0.717, 1.165) is 30.3 Å². The normalized spacial score (nSPS) is 14.3. The summed E-state index contributed by atoms with van der Waals surface area (Å²) < 4.78 is 5.59. The number of carbonyl (C=O) groups excluding carboxylic acids is 4. The molecular weight excluding hydrogens is 646 g/mol. The van der Waals surface area contributed by atoms with Crippen LogP contribution in [0.4, 0.5) is 11.4 Å². The first kappa shape index (κ1) is 34.9. The van der Waals surface area contributed by atoms with E-state index in [9.17, 15) is 24.0 Å². The number of fused-ring (bicyclic) bond motifs is 2. The summed E-state index contributed by atoms with van der Waals surface area (Å²) in [7, 11) is 0. The number of aryl methyl sites for hydroxylation is 1. The number of likely N-dealkylation sites (tertiary alicyclic amines) is 1. The zero-order valence-corrected chi connectivity index (χ0v) is 28.8. The van der Waals surface area contributed by atoms with Crippen LogP contribution in [0.3, 0.4) is 0 Å². The van der Waals surface area contributed by atoms with Gasteiger partial charge in [0.1, 0.15) is 5.58 Å². The molecule has 1 aromatic heterocycles. The predicted molar refractivity (Wildman–Crippen MR) is 198 cm³/mol. The molecule has 51 heavy (non-hydrogen) atoms. The van der Waals surface area contributed by atoms with Gasteiger partial charge in [-0.1, -0.05) is 66.2 Å². The van der Waals surface area contributed by atoms with Crippen molar-refractivity contribution in [3.8, 4) is 0 Å².